The number of nitriles is 1. The Morgan fingerprint density at radius 1 is 1.50 bits per heavy atom. The van der Waals surface area contributed by atoms with Crippen molar-refractivity contribution in [2.24, 2.45) is 0 Å². The Bertz CT molecular complexity index is 408. The maximum atomic E-state index is 8.43. The lowest BCUT2D eigenvalue weighted by Crippen LogP contribution is -1.68. The van der Waals surface area contributed by atoms with Gasteiger partial charge in [0.05, 0.1) is 6.26 Å². The number of hydrogen-bond donors (Lipinski definition) is 0. The quantitative estimate of drug-likeness (QED) is 0.638. The molecule has 58 valence electrons. The predicted octanol–water partition coefficient (Wildman–Crippen LogP) is 1.81. The first-order chi connectivity index (χ1) is 5.90. The van der Waals surface area contributed by atoms with Crippen molar-refractivity contribution in [2.45, 2.75) is 0 Å². The molecule has 0 aromatic carbocycles. The molecule has 0 amide bonds. The summed E-state index contributed by atoms with van der Waals surface area (Å²) in [6, 6.07) is 6.86. The van der Waals surface area contributed by atoms with Crippen LogP contribution in [0, 0.1) is 11.3 Å². The Morgan fingerprint density at radius 2 is 2.42 bits per heavy atom. The largest absolute Gasteiger partial charge is 0.463 e. The first kappa shape index (κ1) is 6.68. The number of rotatable bonds is 1. The molecule has 2 aromatic heterocycles. The van der Waals surface area contributed by atoms with Gasteiger partial charge in [-0.3, -0.25) is 0 Å². The van der Waals surface area contributed by atoms with Gasteiger partial charge in [-0.2, -0.15) is 5.26 Å². The van der Waals surface area contributed by atoms with E-state index in [0.717, 1.165) is 0 Å². The van der Waals surface area contributed by atoms with Crippen molar-refractivity contribution in [1.29, 1.82) is 5.26 Å². The summed E-state index contributed by atoms with van der Waals surface area (Å²) in [6.45, 7) is 0. The van der Waals surface area contributed by atoms with Crippen LogP contribution < -0.4 is 0 Å². The van der Waals surface area contributed by atoms with Crippen molar-refractivity contribution in [2.75, 3.05) is 0 Å². The normalized spacial score (nSPS) is 9.58. The van der Waals surface area contributed by atoms with Gasteiger partial charge >= 0.3 is 0 Å². The molecule has 0 aliphatic carbocycles. The highest BCUT2D eigenvalue weighted by Gasteiger charge is 2.06. The van der Waals surface area contributed by atoms with Crippen LogP contribution in [0.1, 0.15) is 5.76 Å². The third kappa shape index (κ3) is 0.974. The second-order valence-corrected chi connectivity index (χ2v) is 2.17. The molecule has 0 fully saturated rings. The van der Waals surface area contributed by atoms with E-state index < -0.39 is 0 Å². The van der Waals surface area contributed by atoms with Gasteiger partial charge in [0.1, 0.15) is 6.07 Å². The summed E-state index contributed by atoms with van der Waals surface area (Å²) in [4.78, 5) is 0. The third-order valence-corrected chi connectivity index (χ3v) is 1.39. The number of aromatic nitrogens is 1. The Labute approximate surface area is 68.0 Å². The van der Waals surface area contributed by atoms with Gasteiger partial charge < -0.3 is 8.94 Å². The monoisotopic (exact) mass is 160 g/mol. The molecule has 0 unspecified atom stereocenters. The van der Waals surface area contributed by atoms with E-state index in [-0.39, 0.29) is 5.76 Å². The average molecular weight is 160 g/mol. The molecule has 4 nitrogen and oxygen atoms in total. The van der Waals surface area contributed by atoms with Crippen LogP contribution in [0.5, 0.6) is 0 Å². The van der Waals surface area contributed by atoms with Gasteiger partial charge in [-0.25, -0.2) is 0 Å². The van der Waals surface area contributed by atoms with Crippen molar-refractivity contribution in [3.63, 3.8) is 0 Å². The van der Waals surface area contributed by atoms with Gasteiger partial charge in [-0.1, -0.05) is 5.16 Å². The minimum absolute atomic E-state index is 0.182. The molecule has 0 aliphatic rings. The van der Waals surface area contributed by atoms with Crippen molar-refractivity contribution in [3.05, 3.63) is 30.2 Å². The summed E-state index contributed by atoms with van der Waals surface area (Å²) >= 11 is 0. The second kappa shape index (κ2) is 2.55. The van der Waals surface area contributed by atoms with Crippen molar-refractivity contribution < 1.29 is 8.94 Å². The molecule has 12 heavy (non-hydrogen) atoms. The summed E-state index contributed by atoms with van der Waals surface area (Å²) in [5.41, 5.74) is 0.538. The fraction of sp³-hybridized carbons (Fsp3) is 0. The summed E-state index contributed by atoms with van der Waals surface area (Å²) < 4.78 is 9.71. The topological polar surface area (TPSA) is 63.0 Å². The van der Waals surface area contributed by atoms with E-state index in [1.807, 2.05) is 6.07 Å². The standard InChI is InChI=1S/C8H4N2O2/c9-5-6-4-7(10-12-6)8-2-1-3-11-8/h1-4H. The smallest absolute Gasteiger partial charge is 0.236 e. The number of hydrogen-bond acceptors (Lipinski definition) is 4. The maximum absolute atomic E-state index is 8.43. The van der Waals surface area contributed by atoms with E-state index in [0.29, 0.717) is 11.5 Å². The Kier molecular flexibility index (Phi) is 1.42. The summed E-state index contributed by atoms with van der Waals surface area (Å²) in [7, 11) is 0. The Hall–Kier alpha value is -2.02. The van der Waals surface area contributed by atoms with Crippen molar-refractivity contribution in [1.82, 2.24) is 5.16 Å². The molecular formula is C8H4N2O2. The molecule has 2 rings (SSSR count). The predicted molar refractivity (Wildman–Crippen MR) is 38.9 cm³/mol. The lowest BCUT2D eigenvalue weighted by Gasteiger charge is -1.81. The van der Waals surface area contributed by atoms with Crippen molar-refractivity contribution >= 4 is 0 Å². The molecule has 0 radical (unpaired) electrons. The average Bonchev–Trinajstić information content (AvgIpc) is 2.75. The molecule has 0 saturated heterocycles. The van der Waals surface area contributed by atoms with Crippen LogP contribution in [-0.4, -0.2) is 5.16 Å². The second-order valence-electron chi connectivity index (χ2n) is 2.17. The van der Waals surface area contributed by atoms with Gasteiger partial charge in [0, 0.05) is 6.07 Å². The van der Waals surface area contributed by atoms with Crippen molar-refractivity contribution in [3.8, 4) is 17.5 Å². The summed E-state index contributed by atoms with van der Waals surface area (Å²) in [5.74, 6) is 0.779. The fourth-order valence-electron chi connectivity index (χ4n) is 0.868. The number of furan rings is 1. The van der Waals surface area contributed by atoms with Crippen LogP contribution in [0.2, 0.25) is 0 Å². The molecule has 0 atom stereocenters. The number of nitrogens with zero attached hydrogens (tertiary/aromatic N) is 2. The van der Waals surface area contributed by atoms with E-state index in [1.165, 1.54) is 12.3 Å². The highest BCUT2D eigenvalue weighted by molar-refractivity contribution is 5.52. The fourth-order valence-corrected chi connectivity index (χ4v) is 0.868. The van der Waals surface area contributed by atoms with E-state index >= 15 is 0 Å². The van der Waals surface area contributed by atoms with Crippen LogP contribution in [0.3, 0.4) is 0 Å². The third-order valence-electron chi connectivity index (χ3n) is 1.39. The molecule has 2 heterocycles. The van der Waals surface area contributed by atoms with E-state index in [2.05, 4.69) is 9.68 Å². The Morgan fingerprint density at radius 3 is 3.00 bits per heavy atom. The first-order valence-electron chi connectivity index (χ1n) is 3.31. The maximum Gasteiger partial charge on any atom is 0.236 e. The van der Waals surface area contributed by atoms with Crippen LogP contribution in [-0.2, 0) is 0 Å². The lowest BCUT2D eigenvalue weighted by atomic mass is 10.3. The molecule has 0 bridgehead atoms. The highest BCUT2D eigenvalue weighted by atomic mass is 16.5. The van der Waals surface area contributed by atoms with E-state index in [1.54, 1.807) is 12.1 Å². The minimum Gasteiger partial charge on any atom is -0.463 e. The van der Waals surface area contributed by atoms with Gasteiger partial charge in [-0.05, 0) is 12.1 Å². The molecule has 0 N–H and O–H groups in total. The molecule has 4 heteroatoms. The van der Waals surface area contributed by atoms with Crippen LogP contribution >= 0.6 is 0 Å². The molecule has 0 aliphatic heterocycles. The van der Waals surface area contributed by atoms with Crippen LogP contribution in [0.4, 0.5) is 0 Å². The molecular weight excluding hydrogens is 156 g/mol. The van der Waals surface area contributed by atoms with Gasteiger partial charge in [0.15, 0.2) is 11.5 Å². The van der Waals surface area contributed by atoms with Gasteiger partial charge in [-0.15, -0.1) is 0 Å². The summed E-state index contributed by atoms with van der Waals surface area (Å²) in [5, 5.41) is 12.1. The summed E-state index contributed by atoms with van der Waals surface area (Å²) in [6.07, 6.45) is 1.54. The Balaban J connectivity index is 2.44. The zero-order valence-corrected chi connectivity index (χ0v) is 6.02. The van der Waals surface area contributed by atoms with E-state index in [9.17, 15) is 0 Å². The van der Waals surface area contributed by atoms with E-state index in [4.69, 9.17) is 9.68 Å². The lowest BCUT2D eigenvalue weighted by molar-refractivity contribution is 0.410. The molecule has 0 spiro atoms. The van der Waals surface area contributed by atoms with Gasteiger partial charge in [0.2, 0.25) is 5.76 Å². The molecule has 2 aromatic rings. The molecule has 0 saturated carbocycles. The SMILES string of the molecule is N#Cc1cc(-c2ccco2)no1. The minimum atomic E-state index is 0.182. The highest BCUT2D eigenvalue weighted by Crippen LogP contribution is 2.18. The zero-order valence-electron chi connectivity index (χ0n) is 6.02. The van der Waals surface area contributed by atoms with Crippen LogP contribution in [0.15, 0.2) is 33.4 Å². The zero-order chi connectivity index (χ0) is 8.39. The first-order valence-corrected chi connectivity index (χ1v) is 3.31. The van der Waals surface area contributed by atoms with Gasteiger partial charge in [0.25, 0.3) is 0 Å². The van der Waals surface area contributed by atoms with Crippen LogP contribution in [0.25, 0.3) is 11.5 Å².